The van der Waals surface area contributed by atoms with Crippen LogP contribution < -0.4 is 9.47 Å². The predicted octanol–water partition coefficient (Wildman–Crippen LogP) is 6.22. The SMILES string of the molecule is CC(=O)c1c(OCCN2CCC(=O)CC2)c(OCCC(C)c2ccc(F)cc2)c2oc(C(C)C)nc2c1C. The number of fused-ring (bicyclic) bond motifs is 1. The number of oxazole rings is 1. The number of aromatic nitrogens is 1. The van der Waals surface area contributed by atoms with Crippen LogP contribution in [0.25, 0.3) is 11.1 Å². The Morgan fingerprint density at radius 2 is 1.74 bits per heavy atom. The third-order valence-electron chi connectivity index (χ3n) is 7.16. The molecular formula is C30H37FN2O5. The van der Waals surface area contributed by atoms with Crippen LogP contribution in [0.4, 0.5) is 4.39 Å². The normalized spacial score (nSPS) is 15.3. The van der Waals surface area contributed by atoms with Gasteiger partial charge in [-0.05, 0) is 49.4 Å². The van der Waals surface area contributed by atoms with Gasteiger partial charge in [-0.15, -0.1) is 0 Å². The van der Waals surface area contributed by atoms with Crippen molar-refractivity contribution in [2.45, 2.75) is 65.7 Å². The Bertz CT molecular complexity index is 1290. The predicted molar refractivity (Wildman–Crippen MR) is 144 cm³/mol. The van der Waals surface area contributed by atoms with Gasteiger partial charge in [0.2, 0.25) is 11.3 Å². The molecule has 1 fully saturated rings. The third kappa shape index (κ3) is 6.23. The van der Waals surface area contributed by atoms with Crippen molar-refractivity contribution < 1.29 is 27.9 Å². The van der Waals surface area contributed by atoms with Gasteiger partial charge in [-0.1, -0.05) is 32.9 Å². The molecule has 0 aliphatic carbocycles. The minimum atomic E-state index is -0.264. The van der Waals surface area contributed by atoms with E-state index in [9.17, 15) is 14.0 Å². The van der Waals surface area contributed by atoms with Crippen molar-refractivity contribution in [3.05, 3.63) is 52.7 Å². The molecule has 1 aliphatic heterocycles. The summed E-state index contributed by atoms with van der Waals surface area (Å²) in [7, 11) is 0. The van der Waals surface area contributed by atoms with Crippen molar-refractivity contribution in [1.29, 1.82) is 0 Å². The summed E-state index contributed by atoms with van der Waals surface area (Å²) in [5.74, 6) is 1.40. The van der Waals surface area contributed by atoms with Gasteiger partial charge in [0.05, 0.1) is 12.2 Å². The van der Waals surface area contributed by atoms with E-state index in [1.807, 2.05) is 20.8 Å². The molecule has 4 rings (SSSR count). The molecule has 8 heteroatoms. The number of Topliss-reactive ketones (excluding diaryl/α,β-unsaturated/α-hetero) is 2. The number of carbonyl (C=O) groups is 2. The molecule has 0 N–H and O–H groups in total. The summed E-state index contributed by atoms with van der Waals surface area (Å²) >= 11 is 0. The maximum atomic E-state index is 13.3. The monoisotopic (exact) mass is 524 g/mol. The van der Waals surface area contributed by atoms with Crippen LogP contribution in [-0.4, -0.2) is 54.3 Å². The first-order valence-corrected chi connectivity index (χ1v) is 13.4. The number of rotatable bonds is 11. The summed E-state index contributed by atoms with van der Waals surface area (Å²) in [4.78, 5) is 31.3. The highest BCUT2D eigenvalue weighted by Crippen LogP contribution is 2.43. The lowest BCUT2D eigenvalue weighted by Gasteiger charge is -2.26. The number of benzene rings is 2. The van der Waals surface area contributed by atoms with Gasteiger partial charge in [-0.2, -0.15) is 0 Å². The van der Waals surface area contributed by atoms with Gasteiger partial charge in [0.15, 0.2) is 17.4 Å². The van der Waals surface area contributed by atoms with E-state index in [1.54, 1.807) is 12.1 Å². The van der Waals surface area contributed by atoms with Crippen molar-refractivity contribution in [3.63, 3.8) is 0 Å². The van der Waals surface area contributed by atoms with Gasteiger partial charge in [0.25, 0.3) is 0 Å². The molecule has 0 radical (unpaired) electrons. The van der Waals surface area contributed by atoms with Crippen LogP contribution in [0.1, 0.15) is 86.2 Å². The molecule has 0 bridgehead atoms. The number of hydrogen-bond acceptors (Lipinski definition) is 7. The van der Waals surface area contributed by atoms with E-state index in [0.717, 1.165) is 5.56 Å². The number of nitrogens with zero attached hydrogens (tertiary/aromatic N) is 2. The number of hydrogen-bond donors (Lipinski definition) is 0. The maximum Gasteiger partial charge on any atom is 0.207 e. The summed E-state index contributed by atoms with van der Waals surface area (Å²) in [5, 5.41) is 0. The Labute approximate surface area is 223 Å². The highest BCUT2D eigenvalue weighted by atomic mass is 19.1. The first-order chi connectivity index (χ1) is 18.2. The van der Waals surface area contributed by atoms with Crippen molar-refractivity contribution in [2.75, 3.05) is 32.8 Å². The Balaban J connectivity index is 1.62. The van der Waals surface area contributed by atoms with Crippen molar-refractivity contribution in [1.82, 2.24) is 9.88 Å². The van der Waals surface area contributed by atoms with Gasteiger partial charge < -0.3 is 13.9 Å². The third-order valence-corrected chi connectivity index (χ3v) is 7.16. The summed E-state index contributed by atoms with van der Waals surface area (Å²) < 4.78 is 32.1. The molecule has 0 amide bonds. The topological polar surface area (TPSA) is 81.9 Å². The lowest BCUT2D eigenvalue weighted by molar-refractivity contribution is -0.121. The van der Waals surface area contributed by atoms with Crippen molar-refractivity contribution in [2.24, 2.45) is 0 Å². The Morgan fingerprint density at radius 1 is 1.08 bits per heavy atom. The average molecular weight is 525 g/mol. The summed E-state index contributed by atoms with van der Waals surface area (Å²) in [6, 6.07) is 6.49. The van der Waals surface area contributed by atoms with Crippen molar-refractivity contribution >= 4 is 22.7 Å². The first-order valence-electron chi connectivity index (χ1n) is 13.4. The minimum absolute atomic E-state index is 0.0557. The van der Waals surface area contributed by atoms with Gasteiger partial charge in [0.1, 0.15) is 23.7 Å². The fraction of sp³-hybridized carbons (Fsp3) is 0.500. The second kappa shape index (κ2) is 12.1. The van der Waals surface area contributed by atoms with Gasteiger partial charge in [-0.25, -0.2) is 9.37 Å². The van der Waals surface area contributed by atoms with Gasteiger partial charge in [0, 0.05) is 38.4 Å². The summed E-state index contributed by atoms with van der Waals surface area (Å²) in [6.45, 7) is 12.2. The highest BCUT2D eigenvalue weighted by molar-refractivity contribution is 6.05. The molecule has 0 saturated carbocycles. The molecule has 1 unspecified atom stereocenters. The number of ketones is 2. The van der Waals surface area contributed by atoms with E-state index in [4.69, 9.17) is 13.9 Å². The molecule has 2 heterocycles. The molecule has 0 spiro atoms. The number of piperidine rings is 1. The fourth-order valence-electron chi connectivity index (χ4n) is 4.79. The smallest absolute Gasteiger partial charge is 0.207 e. The molecule has 1 aromatic heterocycles. The van der Waals surface area contributed by atoms with Crippen LogP contribution in [0.3, 0.4) is 0 Å². The minimum Gasteiger partial charge on any atom is -0.487 e. The quantitative estimate of drug-likeness (QED) is 0.276. The molecular weight excluding hydrogens is 487 g/mol. The van der Waals surface area contributed by atoms with E-state index in [0.29, 0.717) is 97.5 Å². The molecule has 38 heavy (non-hydrogen) atoms. The fourth-order valence-corrected chi connectivity index (χ4v) is 4.79. The van der Waals surface area contributed by atoms with Crippen LogP contribution in [0.2, 0.25) is 0 Å². The second-order valence-electron chi connectivity index (χ2n) is 10.4. The lowest BCUT2D eigenvalue weighted by atomic mass is 9.98. The van der Waals surface area contributed by atoms with Crippen LogP contribution in [0, 0.1) is 12.7 Å². The molecule has 204 valence electrons. The molecule has 1 aliphatic rings. The van der Waals surface area contributed by atoms with Crippen LogP contribution >= 0.6 is 0 Å². The molecule has 1 atom stereocenters. The molecule has 1 saturated heterocycles. The Kier molecular flexibility index (Phi) is 8.82. The maximum absolute atomic E-state index is 13.3. The average Bonchev–Trinajstić information content (AvgIpc) is 3.33. The van der Waals surface area contributed by atoms with E-state index in [1.165, 1.54) is 19.1 Å². The van der Waals surface area contributed by atoms with Crippen LogP contribution in [0.15, 0.2) is 28.7 Å². The van der Waals surface area contributed by atoms with Gasteiger partial charge in [-0.3, -0.25) is 14.5 Å². The number of halogens is 1. The zero-order chi connectivity index (χ0) is 27.4. The standard InChI is InChI=1S/C30H37FN2O5/c1-18(2)30-32-26-20(4)25(21(5)34)27(37-17-15-33-13-10-24(35)11-14-33)29(28(26)38-30)36-16-12-19(3)22-6-8-23(31)9-7-22/h6-9,18-19H,10-17H2,1-5H3. The highest BCUT2D eigenvalue weighted by Gasteiger charge is 2.28. The molecule has 2 aromatic carbocycles. The Morgan fingerprint density at radius 3 is 2.37 bits per heavy atom. The number of carbonyl (C=O) groups excluding carboxylic acids is 2. The summed E-state index contributed by atoms with van der Waals surface area (Å²) in [5.41, 5.74) is 3.24. The molecule has 7 nitrogen and oxygen atoms in total. The second-order valence-corrected chi connectivity index (χ2v) is 10.4. The lowest BCUT2D eigenvalue weighted by Crippen LogP contribution is -2.36. The van der Waals surface area contributed by atoms with E-state index in [-0.39, 0.29) is 23.4 Å². The van der Waals surface area contributed by atoms with Crippen LogP contribution in [0.5, 0.6) is 11.5 Å². The number of ether oxygens (including phenoxy) is 2. The summed E-state index contributed by atoms with van der Waals surface area (Å²) in [6.07, 6.45) is 1.78. The van der Waals surface area contributed by atoms with E-state index < -0.39 is 0 Å². The van der Waals surface area contributed by atoms with Crippen molar-refractivity contribution in [3.8, 4) is 11.5 Å². The van der Waals surface area contributed by atoms with Crippen LogP contribution in [-0.2, 0) is 4.79 Å². The molecule has 3 aromatic rings. The number of aryl methyl sites for hydroxylation is 1. The first kappa shape index (κ1) is 27.8. The number of likely N-dealkylation sites (tertiary alicyclic amines) is 1. The van der Waals surface area contributed by atoms with E-state index >= 15 is 0 Å². The largest absolute Gasteiger partial charge is 0.487 e. The zero-order valence-corrected chi connectivity index (χ0v) is 22.9. The Hall–Kier alpha value is -3.26. The zero-order valence-electron chi connectivity index (χ0n) is 22.9. The van der Waals surface area contributed by atoms with Gasteiger partial charge >= 0.3 is 0 Å². The van der Waals surface area contributed by atoms with E-state index in [2.05, 4.69) is 16.8 Å².